The van der Waals surface area contributed by atoms with Crippen molar-refractivity contribution >= 4 is 18.2 Å². The molecule has 1 aliphatic rings. The Kier molecular flexibility index (Phi) is 2.68. The summed E-state index contributed by atoms with van der Waals surface area (Å²) in [6, 6.07) is 0. The number of hydrogen-bond donors (Lipinski definition) is 0. The summed E-state index contributed by atoms with van der Waals surface area (Å²) in [5, 5.41) is 0. The summed E-state index contributed by atoms with van der Waals surface area (Å²) < 4.78 is 25.7. The van der Waals surface area contributed by atoms with E-state index < -0.39 is 9.74 Å². The van der Waals surface area contributed by atoms with E-state index >= 15 is 0 Å². The fourth-order valence-corrected chi connectivity index (χ4v) is 1.51. The first-order valence-corrected chi connectivity index (χ1v) is 6.05. The molecule has 0 radical (unpaired) electrons. The lowest BCUT2D eigenvalue weighted by molar-refractivity contribution is 0.432. The minimum atomic E-state index is -3.43. The van der Waals surface area contributed by atoms with E-state index in [0.29, 0.717) is 5.76 Å². The van der Waals surface area contributed by atoms with E-state index in [2.05, 4.69) is 4.18 Å². The number of rotatable bonds is 2. The third-order valence-electron chi connectivity index (χ3n) is 1.17. The molecule has 0 fully saturated rings. The van der Waals surface area contributed by atoms with Crippen molar-refractivity contribution in [2.24, 2.45) is 0 Å². The molecule has 0 amide bonds. The zero-order valence-corrected chi connectivity index (χ0v) is 7.83. The maximum absolute atomic E-state index is 10.6. The summed E-state index contributed by atoms with van der Waals surface area (Å²) in [5.74, 6) is 0.409. The second-order valence-electron chi connectivity index (χ2n) is 2.16. The Morgan fingerprint density at radius 1 is 1.45 bits per heavy atom. The van der Waals surface area contributed by atoms with E-state index in [1.165, 1.54) is 0 Å². The van der Waals surface area contributed by atoms with Crippen LogP contribution in [0.1, 0.15) is 12.8 Å². The van der Waals surface area contributed by atoms with Crippen LogP contribution in [0.5, 0.6) is 0 Å². The van der Waals surface area contributed by atoms with Crippen LogP contribution in [0, 0.1) is 0 Å². The molecule has 0 aromatic carbocycles. The van der Waals surface area contributed by atoms with Crippen molar-refractivity contribution in [3.63, 3.8) is 0 Å². The van der Waals surface area contributed by atoms with Crippen molar-refractivity contribution in [2.45, 2.75) is 12.8 Å². The van der Waals surface area contributed by atoms with E-state index in [1.807, 2.05) is 6.08 Å². The monoisotopic (exact) mass is 192 g/mol. The van der Waals surface area contributed by atoms with Crippen LogP contribution in [-0.2, 0) is 13.9 Å². The lowest BCUT2D eigenvalue weighted by atomic mass is 10.2. The van der Waals surface area contributed by atoms with Crippen molar-refractivity contribution < 1.29 is 12.6 Å². The van der Waals surface area contributed by atoms with Crippen LogP contribution in [0.25, 0.3) is 0 Å². The van der Waals surface area contributed by atoms with Crippen LogP contribution in [-0.4, -0.2) is 8.42 Å². The lowest BCUT2D eigenvalue weighted by Gasteiger charge is -2.05. The quantitative estimate of drug-likeness (QED) is 0.620. The molecule has 0 heterocycles. The van der Waals surface area contributed by atoms with Gasteiger partial charge in [0.15, 0.2) is 0 Å². The molecular weight excluding hydrogens is 183 g/mol. The van der Waals surface area contributed by atoms with E-state index in [9.17, 15) is 8.42 Å². The van der Waals surface area contributed by atoms with Crippen LogP contribution in [0.4, 0.5) is 0 Å². The van der Waals surface area contributed by atoms with E-state index in [-0.39, 0.29) is 0 Å². The van der Waals surface area contributed by atoms with Gasteiger partial charge in [0, 0.05) is 8.44 Å². The molecule has 1 rings (SSSR count). The molecule has 1 atom stereocenters. The van der Waals surface area contributed by atoms with Gasteiger partial charge in [-0.1, -0.05) is 6.08 Å². The molecule has 11 heavy (non-hydrogen) atoms. The Morgan fingerprint density at radius 2 is 2.18 bits per heavy atom. The summed E-state index contributed by atoms with van der Waals surface area (Å²) >= 11 is 0. The minimum Gasteiger partial charge on any atom is -0.381 e. The van der Waals surface area contributed by atoms with Crippen molar-refractivity contribution in [3.8, 4) is 0 Å². The van der Waals surface area contributed by atoms with Gasteiger partial charge < -0.3 is 4.18 Å². The molecule has 5 heteroatoms. The van der Waals surface area contributed by atoms with Crippen LogP contribution >= 0.6 is 8.44 Å². The first-order valence-electron chi connectivity index (χ1n) is 3.17. The zero-order valence-electron chi connectivity index (χ0n) is 5.86. The van der Waals surface area contributed by atoms with Crippen LogP contribution in [0.2, 0.25) is 0 Å². The van der Waals surface area contributed by atoms with Gasteiger partial charge in [-0.25, -0.2) is 0 Å². The highest BCUT2D eigenvalue weighted by Crippen LogP contribution is 2.16. The van der Waals surface area contributed by atoms with E-state index in [4.69, 9.17) is 0 Å². The van der Waals surface area contributed by atoms with Crippen LogP contribution in [0.15, 0.2) is 24.0 Å². The summed E-state index contributed by atoms with van der Waals surface area (Å²) in [6.07, 6.45) is 7.08. The molecule has 1 aliphatic carbocycles. The standard InChI is InChI=1S/C6H9O3PS/c7-11(8,10)9-6-4-2-1-3-5-6/h2,4-5H,1,3,10H2. The van der Waals surface area contributed by atoms with Crippen molar-refractivity contribution in [1.29, 1.82) is 0 Å². The molecule has 0 saturated heterocycles. The Labute approximate surface area is 68.2 Å². The predicted octanol–water partition coefficient (Wildman–Crippen LogP) is 1.36. The molecule has 0 aromatic heterocycles. The topological polar surface area (TPSA) is 43.4 Å². The molecule has 1 unspecified atom stereocenters. The molecule has 3 nitrogen and oxygen atoms in total. The fourth-order valence-electron chi connectivity index (χ4n) is 0.785. The molecule has 0 spiro atoms. The predicted molar refractivity (Wildman–Crippen MR) is 46.2 cm³/mol. The van der Waals surface area contributed by atoms with Gasteiger partial charge in [0.05, 0.1) is 0 Å². The molecule has 62 valence electrons. The fraction of sp³-hybridized carbons (Fsp3) is 0.333. The largest absolute Gasteiger partial charge is 0.381 e. The second kappa shape index (κ2) is 3.37. The highest BCUT2D eigenvalue weighted by molar-refractivity contribution is 8.34. The maximum atomic E-state index is 10.6. The summed E-state index contributed by atoms with van der Waals surface area (Å²) in [7, 11) is -1.79. The van der Waals surface area contributed by atoms with Gasteiger partial charge in [-0.3, -0.25) is 0 Å². The smallest absolute Gasteiger partial charge is 0.318 e. The van der Waals surface area contributed by atoms with E-state index in [0.717, 1.165) is 12.8 Å². The van der Waals surface area contributed by atoms with Crippen LogP contribution < -0.4 is 0 Å². The highest BCUT2D eigenvalue weighted by atomic mass is 32.7. The maximum Gasteiger partial charge on any atom is 0.318 e. The third-order valence-corrected chi connectivity index (χ3v) is 1.89. The Hall–Kier alpha value is -0.340. The lowest BCUT2D eigenvalue weighted by Crippen LogP contribution is -1.96. The Balaban J connectivity index is 2.64. The zero-order chi connectivity index (χ0) is 8.32. The van der Waals surface area contributed by atoms with Crippen LogP contribution in [0.3, 0.4) is 0 Å². The third kappa shape index (κ3) is 3.54. The van der Waals surface area contributed by atoms with Crippen molar-refractivity contribution in [3.05, 3.63) is 24.0 Å². The SMILES string of the molecule is O=S(=O)(P)OC1=CCCC=C1. The average Bonchev–Trinajstić information content (AvgIpc) is 1.85. The van der Waals surface area contributed by atoms with Gasteiger partial charge in [0.2, 0.25) is 0 Å². The van der Waals surface area contributed by atoms with Gasteiger partial charge >= 0.3 is 9.74 Å². The Morgan fingerprint density at radius 3 is 2.64 bits per heavy atom. The minimum absolute atomic E-state index is 0.409. The molecule has 0 aromatic rings. The van der Waals surface area contributed by atoms with E-state index in [1.54, 1.807) is 20.6 Å². The first kappa shape index (κ1) is 8.75. The number of allylic oxidation sites excluding steroid dienone is 3. The molecule has 0 aliphatic heterocycles. The van der Waals surface area contributed by atoms with Gasteiger partial charge in [0.25, 0.3) is 0 Å². The second-order valence-corrected chi connectivity index (χ2v) is 5.05. The highest BCUT2D eigenvalue weighted by Gasteiger charge is 2.05. The van der Waals surface area contributed by atoms with Crippen molar-refractivity contribution in [1.82, 2.24) is 0 Å². The van der Waals surface area contributed by atoms with Crippen molar-refractivity contribution in [2.75, 3.05) is 0 Å². The summed E-state index contributed by atoms with van der Waals surface area (Å²) in [6.45, 7) is 0. The average molecular weight is 192 g/mol. The molecular formula is C6H9O3PS. The summed E-state index contributed by atoms with van der Waals surface area (Å²) in [5.41, 5.74) is 0. The van der Waals surface area contributed by atoms with Gasteiger partial charge in [-0.05, 0) is 25.0 Å². The molecule has 0 bridgehead atoms. The number of hydrogen-bond acceptors (Lipinski definition) is 3. The first-order chi connectivity index (χ1) is 5.08. The molecule has 0 N–H and O–H groups in total. The normalized spacial score (nSPS) is 17.7. The molecule has 0 saturated carbocycles. The van der Waals surface area contributed by atoms with Gasteiger partial charge in [-0.2, -0.15) is 8.42 Å². The van der Waals surface area contributed by atoms with Gasteiger partial charge in [-0.15, -0.1) is 0 Å². The summed E-state index contributed by atoms with van der Waals surface area (Å²) in [4.78, 5) is 0. The Bertz CT molecular complexity index is 289. The van der Waals surface area contributed by atoms with Gasteiger partial charge in [0.1, 0.15) is 5.76 Å².